The largest absolute Gasteiger partial charge is 0.345 e. The van der Waals surface area contributed by atoms with Crippen molar-refractivity contribution in [3.05, 3.63) is 45.0 Å². The third-order valence-corrected chi connectivity index (χ3v) is 3.49. The quantitative estimate of drug-likeness (QED) is 0.839. The molecule has 0 atom stereocenters. The van der Waals surface area contributed by atoms with E-state index < -0.39 is 0 Å². The second kappa shape index (κ2) is 5.06. The number of benzene rings is 1. The molecule has 88 valence electrons. The molecule has 2 aromatic rings. The van der Waals surface area contributed by atoms with E-state index in [1.165, 1.54) is 6.33 Å². The van der Waals surface area contributed by atoms with Gasteiger partial charge in [-0.3, -0.25) is 0 Å². The molecule has 0 unspecified atom stereocenters. The van der Waals surface area contributed by atoms with Crippen molar-refractivity contribution >= 4 is 28.1 Å². The van der Waals surface area contributed by atoms with Gasteiger partial charge in [-0.1, -0.05) is 25.2 Å². The summed E-state index contributed by atoms with van der Waals surface area (Å²) >= 11 is 8.33. The third kappa shape index (κ3) is 2.30. The van der Waals surface area contributed by atoms with Crippen LogP contribution < -0.4 is 0 Å². The normalized spacial score (nSPS) is 10.5. The Hall–Kier alpha value is -1.07. The lowest BCUT2D eigenvalue weighted by Crippen LogP contribution is -1.97. The molecule has 2 rings (SSSR count). The molecule has 0 aliphatic heterocycles. The van der Waals surface area contributed by atoms with Crippen LogP contribution in [-0.2, 0) is 6.42 Å². The Bertz CT molecular complexity index is 610. The zero-order valence-electron chi connectivity index (χ0n) is 9.13. The number of halogens is 2. The average molecular weight is 313 g/mol. The summed E-state index contributed by atoms with van der Waals surface area (Å²) in [5, 5.41) is 0. The number of aromatic amines is 1. The highest BCUT2D eigenvalue weighted by molar-refractivity contribution is 9.10. The van der Waals surface area contributed by atoms with Crippen LogP contribution >= 0.6 is 28.1 Å². The standard InChI is InChI=1S/C12H10BrFN2S/c1-2-7-11(15-6-16-12(7)17)8-4-3-5-9(13)10(8)14/h3-6H,2H2,1H3,(H,15,16,17). The first-order valence-corrected chi connectivity index (χ1v) is 6.36. The summed E-state index contributed by atoms with van der Waals surface area (Å²) in [5.41, 5.74) is 2.07. The molecular formula is C12H10BrFN2S. The number of H-pyrrole nitrogens is 1. The van der Waals surface area contributed by atoms with Gasteiger partial charge in [0.05, 0.1) is 16.5 Å². The van der Waals surface area contributed by atoms with E-state index in [0.717, 1.165) is 5.56 Å². The predicted molar refractivity (Wildman–Crippen MR) is 71.9 cm³/mol. The van der Waals surface area contributed by atoms with Crippen molar-refractivity contribution in [3.63, 3.8) is 0 Å². The molecule has 1 aromatic heterocycles. The van der Waals surface area contributed by atoms with Gasteiger partial charge < -0.3 is 4.98 Å². The van der Waals surface area contributed by atoms with Gasteiger partial charge in [0.1, 0.15) is 10.5 Å². The molecule has 0 radical (unpaired) electrons. The first-order valence-electron chi connectivity index (χ1n) is 5.16. The van der Waals surface area contributed by atoms with Gasteiger partial charge in [-0.25, -0.2) is 9.37 Å². The topological polar surface area (TPSA) is 28.7 Å². The minimum absolute atomic E-state index is 0.293. The molecule has 0 saturated heterocycles. The Morgan fingerprint density at radius 1 is 1.47 bits per heavy atom. The van der Waals surface area contributed by atoms with Gasteiger partial charge in [0, 0.05) is 11.1 Å². The summed E-state index contributed by atoms with van der Waals surface area (Å²) in [6, 6.07) is 5.18. The number of rotatable bonds is 2. The first-order chi connectivity index (χ1) is 8.15. The summed E-state index contributed by atoms with van der Waals surface area (Å²) in [4.78, 5) is 6.99. The van der Waals surface area contributed by atoms with E-state index in [4.69, 9.17) is 12.2 Å². The highest BCUT2D eigenvalue weighted by Crippen LogP contribution is 2.28. The SMILES string of the molecule is CCc1c(-c2cccc(Br)c2F)[nH]cnc1=S. The maximum Gasteiger partial charge on any atom is 0.146 e. The highest BCUT2D eigenvalue weighted by atomic mass is 79.9. The second-order valence-electron chi connectivity index (χ2n) is 3.52. The summed E-state index contributed by atoms with van der Waals surface area (Å²) in [5.74, 6) is -0.293. The second-order valence-corrected chi connectivity index (χ2v) is 4.76. The molecule has 2 nitrogen and oxygen atoms in total. The first kappa shape index (κ1) is 12.4. The Kier molecular flexibility index (Phi) is 3.69. The Morgan fingerprint density at radius 3 is 2.94 bits per heavy atom. The maximum atomic E-state index is 14.0. The fourth-order valence-electron chi connectivity index (χ4n) is 1.69. The van der Waals surface area contributed by atoms with Crippen LogP contribution in [0.5, 0.6) is 0 Å². The van der Waals surface area contributed by atoms with Crippen LogP contribution in [0.1, 0.15) is 12.5 Å². The van der Waals surface area contributed by atoms with Crippen molar-refractivity contribution < 1.29 is 4.39 Å². The maximum absolute atomic E-state index is 14.0. The molecule has 0 spiro atoms. The highest BCUT2D eigenvalue weighted by Gasteiger charge is 2.12. The van der Waals surface area contributed by atoms with Crippen LogP contribution in [0.15, 0.2) is 29.0 Å². The number of aromatic nitrogens is 2. The average Bonchev–Trinajstić information content (AvgIpc) is 2.32. The van der Waals surface area contributed by atoms with Crippen molar-refractivity contribution in [2.24, 2.45) is 0 Å². The molecule has 17 heavy (non-hydrogen) atoms. The number of nitrogens with one attached hydrogen (secondary N) is 1. The van der Waals surface area contributed by atoms with Crippen LogP contribution in [0.2, 0.25) is 0 Å². The number of nitrogens with zero attached hydrogens (tertiary/aromatic N) is 1. The van der Waals surface area contributed by atoms with E-state index in [-0.39, 0.29) is 5.82 Å². The molecule has 5 heteroatoms. The fraction of sp³-hybridized carbons (Fsp3) is 0.167. The lowest BCUT2D eigenvalue weighted by Gasteiger charge is -2.09. The number of hydrogen-bond acceptors (Lipinski definition) is 2. The molecule has 1 heterocycles. The molecule has 0 amide bonds. The lowest BCUT2D eigenvalue weighted by molar-refractivity contribution is 0.623. The van der Waals surface area contributed by atoms with Gasteiger partial charge in [-0.05, 0) is 34.5 Å². The summed E-state index contributed by atoms with van der Waals surface area (Å²) in [7, 11) is 0. The van der Waals surface area contributed by atoms with Crippen molar-refractivity contribution in [2.75, 3.05) is 0 Å². The third-order valence-electron chi connectivity index (χ3n) is 2.53. The lowest BCUT2D eigenvalue weighted by atomic mass is 10.1. The molecule has 0 fully saturated rings. The van der Waals surface area contributed by atoms with Crippen LogP contribution in [0.4, 0.5) is 4.39 Å². The zero-order valence-corrected chi connectivity index (χ0v) is 11.5. The zero-order chi connectivity index (χ0) is 12.4. The molecular weight excluding hydrogens is 303 g/mol. The van der Waals surface area contributed by atoms with Crippen LogP contribution in [0.3, 0.4) is 0 Å². The van der Waals surface area contributed by atoms with Gasteiger partial charge in [0.25, 0.3) is 0 Å². The number of hydrogen-bond donors (Lipinski definition) is 1. The minimum atomic E-state index is -0.293. The van der Waals surface area contributed by atoms with Gasteiger partial charge >= 0.3 is 0 Å². The molecule has 0 aliphatic rings. The molecule has 1 aromatic carbocycles. The summed E-state index contributed by atoms with van der Waals surface area (Å²) in [6.45, 7) is 1.97. The molecule has 1 N–H and O–H groups in total. The van der Waals surface area contributed by atoms with Crippen LogP contribution in [0, 0.1) is 10.5 Å². The van der Waals surface area contributed by atoms with E-state index in [9.17, 15) is 4.39 Å². The molecule has 0 bridgehead atoms. The Balaban J connectivity index is 2.73. The minimum Gasteiger partial charge on any atom is -0.345 e. The molecule has 0 aliphatic carbocycles. The van der Waals surface area contributed by atoms with Gasteiger partial charge in [-0.2, -0.15) is 0 Å². The monoisotopic (exact) mass is 312 g/mol. The van der Waals surface area contributed by atoms with Crippen molar-refractivity contribution in [1.82, 2.24) is 9.97 Å². The van der Waals surface area contributed by atoms with E-state index in [0.29, 0.717) is 26.8 Å². The summed E-state index contributed by atoms with van der Waals surface area (Å²) in [6.07, 6.45) is 2.21. The predicted octanol–water partition coefficient (Wildman–Crippen LogP) is 4.27. The van der Waals surface area contributed by atoms with Gasteiger partial charge in [0.2, 0.25) is 0 Å². The van der Waals surface area contributed by atoms with Crippen molar-refractivity contribution in [1.29, 1.82) is 0 Å². The van der Waals surface area contributed by atoms with Crippen molar-refractivity contribution in [2.45, 2.75) is 13.3 Å². The Morgan fingerprint density at radius 2 is 2.24 bits per heavy atom. The van der Waals surface area contributed by atoms with E-state index in [2.05, 4.69) is 25.9 Å². The smallest absolute Gasteiger partial charge is 0.146 e. The van der Waals surface area contributed by atoms with Gasteiger partial charge in [-0.15, -0.1) is 0 Å². The molecule has 0 saturated carbocycles. The van der Waals surface area contributed by atoms with Crippen LogP contribution in [-0.4, -0.2) is 9.97 Å². The van der Waals surface area contributed by atoms with E-state index in [1.807, 2.05) is 6.92 Å². The summed E-state index contributed by atoms with van der Waals surface area (Å²) < 4.78 is 15.0. The fourth-order valence-corrected chi connectivity index (χ4v) is 2.36. The van der Waals surface area contributed by atoms with E-state index in [1.54, 1.807) is 18.2 Å². The van der Waals surface area contributed by atoms with Gasteiger partial charge in [0.15, 0.2) is 0 Å². The Labute approximate surface area is 112 Å². The van der Waals surface area contributed by atoms with Crippen molar-refractivity contribution in [3.8, 4) is 11.3 Å². The van der Waals surface area contributed by atoms with E-state index >= 15 is 0 Å². The van der Waals surface area contributed by atoms with Crippen LogP contribution in [0.25, 0.3) is 11.3 Å².